The molecule has 2 atom stereocenters. The van der Waals surface area contributed by atoms with Crippen LogP contribution in [-0.4, -0.2) is 42.3 Å². The van der Waals surface area contributed by atoms with Crippen molar-refractivity contribution in [2.75, 3.05) is 16.4 Å². The molecule has 1 amide bonds. The van der Waals surface area contributed by atoms with Gasteiger partial charge in [0.1, 0.15) is 5.82 Å². The molecule has 0 saturated carbocycles. The van der Waals surface area contributed by atoms with Gasteiger partial charge in [0, 0.05) is 10.9 Å². The SMILES string of the molecule is Cc1ccc(N2C(=NC(=O)Cc3ccc(F)cc3)S[C@@H]3CS(=O)(=O)C[C@H]32)cc1C. The highest BCUT2D eigenvalue weighted by Crippen LogP contribution is 2.41. The summed E-state index contributed by atoms with van der Waals surface area (Å²) in [6.07, 6.45) is 0.0682. The number of rotatable bonds is 3. The van der Waals surface area contributed by atoms with Gasteiger partial charge >= 0.3 is 0 Å². The quantitative estimate of drug-likeness (QED) is 0.745. The minimum atomic E-state index is -3.11. The molecule has 2 aliphatic heterocycles. The predicted molar refractivity (Wildman–Crippen MR) is 115 cm³/mol. The van der Waals surface area contributed by atoms with Gasteiger partial charge in [-0.2, -0.15) is 4.99 Å². The second-order valence-electron chi connectivity index (χ2n) is 7.53. The molecule has 2 saturated heterocycles. The second-order valence-corrected chi connectivity index (χ2v) is 10.9. The molecular weight excluding hydrogens is 411 g/mol. The van der Waals surface area contributed by atoms with Gasteiger partial charge in [0.2, 0.25) is 0 Å². The Kier molecular flexibility index (Phi) is 5.25. The molecule has 0 radical (unpaired) electrons. The van der Waals surface area contributed by atoms with Crippen LogP contribution in [-0.2, 0) is 21.1 Å². The van der Waals surface area contributed by atoms with E-state index in [2.05, 4.69) is 4.99 Å². The van der Waals surface area contributed by atoms with Crippen molar-refractivity contribution in [2.24, 2.45) is 4.99 Å². The fourth-order valence-electron chi connectivity index (χ4n) is 3.66. The molecular formula is C21H21FN2O3S2. The lowest BCUT2D eigenvalue weighted by Gasteiger charge is -2.25. The van der Waals surface area contributed by atoms with Gasteiger partial charge in [-0.05, 0) is 54.8 Å². The fourth-order valence-corrected chi connectivity index (χ4v) is 7.60. The van der Waals surface area contributed by atoms with Crippen molar-refractivity contribution in [3.8, 4) is 0 Å². The molecule has 5 nitrogen and oxygen atoms in total. The van der Waals surface area contributed by atoms with E-state index in [0.29, 0.717) is 10.7 Å². The molecule has 2 aliphatic rings. The van der Waals surface area contributed by atoms with Crippen molar-refractivity contribution in [3.63, 3.8) is 0 Å². The summed E-state index contributed by atoms with van der Waals surface area (Å²) >= 11 is 1.35. The molecule has 0 aromatic heterocycles. The number of benzene rings is 2. The first-order valence-electron chi connectivity index (χ1n) is 9.31. The lowest BCUT2D eigenvalue weighted by atomic mass is 10.1. The second kappa shape index (κ2) is 7.57. The zero-order valence-electron chi connectivity index (χ0n) is 16.1. The van der Waals surface area contributed by atoms with E-state index in [-0.39, 0.29) is 40.9 Å². The number of halogens is 1. The highest BCUT2D eigenvalue weighted by molar-refractivity contribution is 8.16. The number of sulfone groups is 1. The number of amidine groups is 1. The molecule has 152 valence electrons. The molecule has 0 unspecified atom stereocenters. The molecule has 4 rings (SSSR count). The number of amides is 1. The minimum Gasteiger partial charge on any atom is -0.316 e. The van der Waals surface area contributed by atoms with Crippen LogP contribution in [0.5, 0.6) is 0 Å². The number of fused-ring (bicyclic) bond motifs is 1. The van der Waals surface area contributed by atoms with Crippen LogP contribution in [0.4, 0.5) is 10.1 Å². The Morgan fingerprint density at radius 3 is 2.55 bits per heavy atom. The van der Waals surface area contributed by atoms with Gasteiger partial charge in [-0.25, -0.2) is 12.8 Å². The summed E-state index contributed by atoms with van der Waals surface area (Å²) in [4.78, 5) is 18.8. The van der Waals surface area contributed by atoms with Gasteiger partial charge in [-0.3, -0.25) is 4.79 Å². The molecule has 2 heterocycles. The van der Waals surface area contributed by atoms with E-state index in [1.54, 1.807) is 12.1 Å². The van der Waals surface area contributed by atoms with Crippen LogP contribution in [0.1, 0.15) is 16.7 Å². The number of aliphatic imine (C=N–C) groups is 1. The number of hydrogen-bond acceptors (Lipinski definition) is 4. The van der Waals surface area contributed by atoms with Crippen LogP contribution >= 0.6 is 11.8 Å². The van der Waals surface area contributed by atoms with Gasteiger partial charge in [-0.1, -0.05) is 30.0 Å². The monoisotopic (exact) mass is 432 g/mol. The van der Waals surface area contributed by atoms with Crippen molar-refractivity contribution >= 4 is 38.4 Å². The lowest BCUT2D eigenvalue weighted by molar-refractivity contribution is -0.117. The molecule has 2 fully saturated rings. The number of nitrogens with zero attached hydrogens (tertiary/aromatic N) is 2. The van der Waals surface area contributed by atoms with Crippen LogP contribution in [0.3, 0.4) is 0 Å². The van der Waals surface area contributed by atoms with Crippen LogP contribution < -0.4 is 4.90 Å². The van der Waals surface area contributed by atoms with Gasteiger partial charge in [0.15, 0.2) is 15.0 Å². The Bertz CT molecular complexity index is 1100. The maximum Gasteiger partial charge on any atom is 0.252 e. The van der Waals surface area contributed by atoms with Crippen molar-refractivity contribution < 1.29 is 17.6 Å². The van der Waals surface area contributed by atoms with Crippen molar-refractivity contribution in [1.29, 1.82) is 0 Å². The van der Waals surface area contributed by atoms with E-state index >= 15 is 0 Å². The van der Waals surface area contributed by atoms with E-state index < -0.39 is 9.84 Å². The minimum absolute atomic E-state index is 0.0583. The zero-order chi connectivity index (χ0) is 20.8. The Morgan fingerprint density at radius 1 is 1.14 bits per heavy atom. The Balaban J connectivity index is 1.65. The lowest BCUT2D eigenvalue weighted by Crippen LogP contribution is -2.37. The summed E-state index contributed by atoms with van der Waals surface area (Å²) < 4.78 is 37.4. The Morgan fingerprint density at radius 2 is 1.86 bits per heavy atom. The number of hydrogen-bond donors (Lipinski definition) is 0. The summed E-state index contributed by atoms with van der Waals surface area (Å²) in [7, 11) is -3.11. The molecule has 29 heavy (non-hydrogen) atoms. The third-order valence-electron chi connectivity index (χ3n) is 5.32. The highest BCUT2D eigenvalue weighted by Gasteiger charge is 2.49. The van der Waals surface area contributed by atoms with Gasteiger partial charge in [0.25, 0.3) is 5.91 Å². The van der Waals surface area contributed by atoms with Gasteiger partial charge in [-0.15, -0.1) is 0 Å². The van der Waals surface area contributed by atoms with E-state index in [9.17, 15) is 17.6 Å². The number of thioether (sulfide) groups is 1. The average molecular weight is 433 g/mol. The summed E-state index contributed by atoms with van der Waals surface area (Å²) in [6.45, 7) is 4.02. The van der Waals surface area contributed by atoms with E-state index in [0.717, 1.165) is 16.8 Å². The van der Waals surface area contributed by atoms with Crippen LogP contribution in [0, 0.1) is 19.7 Å². The van der Waals surface area contributed by atoms with Crippen LogP contribution in [0.15, 0.2) is 47.5 Å². The first kappa shape index (κ1) is 20.1. The van der Waals surface area contributed by atoms with Crippen LogP contribution in [0.25, 0.3) is 0 Å². The summed E-state index contributed by atoms with van der Waals surface area (Å²) in [6, 6.07) is 11.5. The number of aryl methyl sites for hydroxylation is 2. The largest absolute Gasteiger partial charge is 0.316 e. The third kappa shape index (κ3) is 4.23. The van der Waals surface area contributed by atoms with Crippen molar-refractivity contribution in [3.05, 3.63) is 65.0 Å². The average Bonchev–Trinajstić information content (AvgIpc) is 3.10. The van der Waals surface area contributed by atoms with E-state index in [1.807, 2.05) is 36.9 Å². The smallest absolute Gasteiger partial charge is 0.252 e. The fraction of sp³-hybridized carbons (Fsp3) is 0.333. The van der Waals surface area contributed by atoms with E-state index in [4.69, 9.17) is 0 Å². The summed E-state index contributed by atoms with van der Waals surface area (Å²) in [5.74, 6) is -0.540. The highest BCUT2D eigenvalue weighted by atomic mass is 32.2. The normalized spacial score (nSPS) is 24.1. The molecule has 0 spiro atoms. The first-order valence-corrected chi connectivity index (χ1v) is 12.0. The number of carbonyl (C=O) groups excluding carboxylic acids is 1. The third-order valence-corrected chi connectivity index (χ3v) is 8.53. The van der Waals surface area contributed by atoms with Crippen molar-refractivity contribution in [1.82, 2.24) is 0 Å². The molecule has 2 aromatic rings. The van der Waals surface area contributed by atoms with Gasteiger partial charge < -0.3 is 4.90 Å². The molecule has 0 aliphatic carbocycles. The summed E-state index contributed by atoms with van der Waals surface area (Å²) in [5, 5.41) is 0.393. The first-order chi connectivity index (χ1) is 13.7. The topological polar surface area (TPSA) is 66.8 Å². The molecule has 0 bridgehead atoms. The Hall–Kier alpha value is -2.19. The number of anilines is 1. The molecule has 8 heteroatoms. The van der Waals surface area contributed by atoms with Crippen LogP contribution in [0.2, 0.25) is 0 Å². The summed E-state index contributed by atoms with van der Waals surface area (Å²) in [5.41, 5.74) is 3.76. The Labute approximate surface area is 173 Å². The molecule has 0 N–H and O–H groups in total. The molecule has 2 aromatic carbocycles. The van der Waals surface area contributed by atoms with Gasteiger partial charge in [0.05, 0.1) is 24.0 Å². The maximum absolute atomic E-state index is 13.1. The van der Waals surface area contributed by atoms with E-state index in [1.165, 1.54) is 23.9 Å². The predicted octanol–water partition coefficient (Wildman–Crippen LogP) is 3.29. The maximum atomic E-state index is 13.1. The number of carbonyl (C=O) groups is 1. The standard InChI is InChI=1S/C21H21FN2O3S2/c1-13-3-8-17(9-14(13)2)24-18-11-29(26,27)12-19(18)28-21(24)23-20(25)10-15-4-6-16(22)7-5-15/h3-9,18-19H,10-12H2,1-2H3/t18-,19-/m1/s1. The van der Waals surface area contributed by atoms with Crippen molar-refractivity contribution in [2.45, 2.75) is 31.6 Å². The zero-order valence-corrected chi connectivity index (χ0v) is 17.8.